The van der Waals surface area contributed by atoms with E-state index in [1.807, 2.05) is 31.2 Å². The fourth-order valence-electron chi connectivity index (χ4n) is 2.55. The summed E-state index contributed by atoms with van der Waals surface area (Å²) in [4.78, 5) is 31.3. The first kappa shape index (κ1) is 17.4. The molecule has 0 aliphatic carbocycles. The molecule has 2 heterocycles. The zero-order valence-electron chi connectivity index (χ0n) is 14.7. The van der Waals surface area contributed by atoms with Crippen LogP contribution in [0.1, 0.15) is 27.6 Å². The highest BCUT2D eigenvalue weighted by atomic mass is 16.5. The highest BCUT2D eigenvalue weighted by Gasteiger charge is 2.13. The van der Waals surface area contributed by atoms with Crippen molar-refractivity contribution in [2.75, 3.05) is 12.4 Å². The van der Waals surface area contributed by atoms with Crippen LogP contribution in [0.3, 0.4) is 0 Å². The van der Waals surface area contributed by atoms with Crippen molar-refractivity contribution in [1.82, 2.24) is 19.7 Å². The number of anilines is 1. The Bertz CT molecular complexity index is 989. The molecule has 8 nitrogen and oxygen atoms in total. The fraction of sp³-hybridized carbons (Fsp3) is 0.222. The first-order valence-corrected chi connectivity index (χ1v) is 8.00. The molecule has 134 valence electrons. The van der Waals surface area contributed by atoms with Gasteiger partial charge in [-0.3, -0.25) is 14.3 Å². The van der Waals surface area contributed by atoms with Crippen LogP contribution in [0, 0.1) is 6.92 Å². The number of rotatable bonds is 5. The molecule has 8 heteroatoms. The lowest BCUT2D eigenvalue weighted by Crippen LogP contribution is -2.21. The summed E-state index contributed by atoms with van der Waals surface area (Å²) in [5.74, 6) is 1.23. The van der Waals surface area contributed by atoms with Gasteiger partial charge in [0.15, 0.2) is 0 Å². The fourth-order valence-corrected chi connectivity index (χ4v) is 2.55. The highest BCUT2D eigenvalue weighted by molar-refractivity contribution is 6.02. The molecular formula is C18H19N5O3. The van der Waals surface area contributed by atoms with Crippen molar-refractivity contribution in [3.8, 4) is 5.75 Å². The third-order valence-corrected chi connectivity index (χ3v) is 3.80. The minimum absolute atomic E-state index is 0.0520. The van der Waals surface area contributed by atoms with Gasteiger partial charge in [0.05, 0.1) is 12.8 Å². The van der Waals surface area contributed by atoms with Crippen LogP contribution in [0.15, 0.2) is 41.2 Å². The van der Waals surface area contributed by atoms with Crippen molar-refractivity contribution < 1.29 is 9.53 Å². The Morgan fingerprint density at radius 3 is 2.62 bits per heavy atom. The average Bonchev–Trinajstić information content (AvgIpc) is 2.92. The number of ether oxygens (including phenoxy) is 1. The Balaban J connectivity index is 1.81. The summed E-state index contributed by atoms with van der Waals surface area (Å²) in [5.41, 5.74) is 1.39. The lowest BCUT2D eigenvalue weighted by Gasteiger charge is -2.07. The van der Waals surface area contributed by atoms with E-state index in [4.69, 9.17) is 4.74 Å². The molecule has 26 heavy (non-hydrogen) atoms. The molecule has 0 saturated carbocycles. The van der Waals surface area contributed by atoms with E-state index in [0.29, 0.717) is 18.1 Å². The number of hydrogen-bond donors (Lipinski definition) is 2. The van der Waals surface area contributed by atoms with Gasteiger partial charge >= 0.3 is 0 Å². The van der Waals surface area contributed by atoms with Crippen LogP contribution < -0.4 is 15.6 Å². The SMILES string of the molecule is COc1ccc(Cc2nc(C(=O)Nc3cc(C)nn3C)cc(=O)[nH]2)cc1. The third-order valence-electron chi connectivity index (χ3n) is 3.80. The van der Waals surface area contributed by atoms with Gasteiger partial charge in [0.2, 0.25) is 0 Å². The van der Waals surface area contributed by atoms with Crippen LogP contribution in [-0.2, 0) is 13.5 Å². The van der Waals surface area contributed by atoms with Crippen molar-refractivity contribution >= 4 is 11.7 Å². The van der Waals surface area contributed by atoms with E-state index in [0.717, 1.165) is 17.0 Å². The molecule has 0 saturated heterocycles. The second-order valence-electron chi connectivity index (χ2n) is 5.85. The zero-order chi connectivity index (χ0) is 18.7. The minimum Gasteiger partial charge on any atom is -0.497 e. The number of nitrogens with zero attached hydrogens (tertiary/aromatic N) is 3. The number of benzene rings is 1. The van der Waals surface area contributed by atoms with Gasteiger partial charge in [-0.05, 0) is 24.6 Å². The summed E-state index contributed by atoms with van der Waals surface area (Å²) in [5, 5.41) is 6.88. The maximum Gasteiger partial charge on any atom is 0.275 e. The maximum atomic E-state index is 12.4. The van der Waals surface area contributed by atoms with E-state index in [-0.39, 0.29) is 11.3 Å². The Morgan fingerprint density at radius 2 is 2.00 bits per heavy atom. The van der Waals surface area contributed by atoms with E-state index >= 15 is 0 Å². The van der Waals surface area contributed by atoms with Gasteiger partial charge in [-0.15, -0.1) is 0 Å². The van der Waals surface area contributed by atoms with E-state index in [1.54, 1.807) is 24.9 Å². The van der Waals surface area contributed by atoms with Crippen molar-refractivity contribution in [2.24, 2.45) is 7.05 Å². The van der Waals surface area contributed by atoms with E-state index in [9.17, 15) is 9.59 Å². The number of methoxy groups -OCH3 is 1. The van der Waals surface area contributed by atoms with Crippen LogP contribution in [0.25, 0.3) is 0 Å². The molecule has 1 aromatic carbocycles. The average molecular weight is 353 g/mol. The number of amides is 1. The number of aromatic amines is 1. The Labute approximate surface area is 149 Å². The largest absolute Gasteiger partial charge is 0.497 e. The predicted octanol–water partition coefficient (Wildman–Crippen LogP) is 1.66. The van der Waals surface area contributed by atoms with Crippen LogP contribution in [-0.4, -0.2) is 32.8 Å². The third kappa shape index (κ3) is 3.97. The quantitative estimate of drug-likeness (QED) is 0.726. The van der Waals surface area contributed by atoms with E-state index < -0.39 is 5.91 Å². The molecule has 0 radical (unpaired) electrons. The molecule has 0 aliphatic heterocycles. The number of aromatic nitrogens is 4. The summed E-state index contributed by atoms with van der Waals surface area (Å²) in [7, 11) is 3.32. The van der Waals surface area contributed by atoms with Crippen molar-refractivity contribution in [3.05, 3.63) is 69.5 Å². The Morgan fingerprint density at radius 1 is 1.27 bits per heavy atom. The summed E-state index contributed by atoms with van der Waals surface area (Å²) in [6, 6.07) is 10.3. The molecule has 0 spiro atoms. The number of hydrogen-bond acceptors (Lipinski definition) is 5. The molecule has 2 N–H and O–H groups in total. The minimum atomic E-state index is -0.463. The van der Waals surface area contributed by atoms with Gasteiger partial charge in [-0.1, -0.05) is 12.1 Å². The molecular weight excluding hydrogens is 334 g/mol. The molecule has 2 aromatic heterocycles. The topological polar surface area (TPSA) is 102 Å². The number of aryl methyl sites for hydroxylation is 2. The van der Waals surface area contributed by atoms with Crippen molar-refractivity contribution in [2.45, 2.75) is 13.3 Å². The van der Waals surface area contributed by atoms with Crippen molar-refractivity contribution in [3.63, 3.8) is 0 Å². The first-order chi connectivity index (χ1) is 12.4. The zero-order valence-corrected chi connectivity index (χ0v) is 14.7. The standard InChI is InChI=1S/C18H19N5O3/c1-11-8-16(23(2)22-11)21-18(25)14-10-17(24)20-15(19-14)9-12-4-6-13(26-3)7-5-12/h4-8,10H,9H2,1-3H3,(H,21,25)(H,19,20,24). The molecule has 0 unspecified atom stereocenters. The van der Waals surface area contributed by atoms with Gasteiger partial charge < -0.3 is 15.0 Å². The second-order valence-corrected chi connectivity index (χ2v) is 5.85. The number of H-pyrrole nitrogens is 1. The van der Waals surface area contributed by atoms with Gasteiger partial charge in [0.25, 0.3) is 11.5 Å². The highest BCUT2D eigenvalue weighted by Crippen LogP contribution is 2.13. The Kier molecular flexibility index (Phi) is 4.83. The summed E-state index contributed by atoms with van der Waals surface area (Å²) >= 11 is 0. The summed E-state index contributed by atoms with van der Waals surface area (Å²) < 4.78 is 6.68. The second kappa shape index (κ2) is 7.22. The Hall–Kier alpha value is -3.42. The van der Waals surface area contributed by atoms with Crippen molar-refractivity contribution in [1.29, 1.82) is 0 Å². The van der Waals surface area contributed by atoms with Crippen LogP contribution in [0.4, 0.5) is 5.82 Å². The van der Waals surface area contributed by atoms with Crippen LogP contribution >= 0.6 is 0 Å². The molecule has 0 atom stereocenters. The molecule has 3 aromatic rings. The lowest BCUT2D eigenvalue weighted by molar-refractivity contribution is 0.102. The smallest absolute Gasteiger partial charge is 0.275 e. The van der Waals surface area contributed by atoms with Gasteiger partial charge in [0.1, 0.15) is 23.1 Å². The number of nitrogens with one attached hydrogen (secondary N) is 2. The molecule has 0 aliphatic rings. The van der Waals surface area contributed by atoms with E-state index in [2.05, 4.69) is 20.4 Å². The predicted molar refractivity (Wildman–Crippen MR) is 96.6 cm³/mol. The molecule has 3 rings (SSSR count). The number of carbonyl (C=O) groups excluding carboxylic acids is 1. The van der Waals surface area contributed by atoms with Gasteiger partial charge in [-0.2, -0.15) is 5.10 Å². The normalized spacial score (nSPS) is 10.6. The van der Waals surface area contributed by atoms with E-state index in [1.165, 1.54) is 6.07 Å². The molecule has 1 amide bonds. The van der Waals surface area contributed by atoms with Crippen LogP contribution in [0.2, 0.25) is 0 Å². The van der Waals surface area contributed by atoms with Gasteiger partial charge in [0, 0.05) is 25.6 Å². The molecule has 0 bridgehead atoms. The van der Waals surface area contributed by atoms with Gasteiger partial charge in [-0.25, -0.2) is 4.98 Å². The first-order valence-electron chi connectivity index (χ1n) is 8.00. The lowest BCUT2D eigenvalue weighted by atomic mass is 10.1. The monoisotopic (exact) mass is 353 g/mol. The maximum absolute atomic E-state index is 12.4. The summed E-state index contributed by atoms with van der Waals surface area (Å²) in [6.07, 6.45) is 0.394. The molecule has 0 fully saturated rings. The summed E-state index contributed by atoms with van der Waals surface area (Å²) in [6.45, 7) is 1.83. The number of carbonyl (C=O) groups is 1. The van der Waals surface area contributed by atoms with Crippen LogP contribution in [0.5, 0.6) is 5.75 Å².